The molecule has 28 heavy (non-hydrogen) atoms. The van der Waals surface area contributed by atoms with Gasteiger partial charge in [0, 0.05) is 29.3 Å². The van der Waals surface area contributed by atoms with Crippen LogP contribution < -0.4 is 9.62 Å². The highest BCUT2D eigenvalue weighted by Crippen LogP contribution is 2.42. The fourth-order valence-corrected chi connectivity index (χ4v) is 4.63. The number of amides is 1. The second-order valence-corrected chi connectivity index (χ2v) is 10.2. The molecule has 1 N–H and O–H groups in total. The van der Waals surface area contributed by atoms with Crippen LogP contribution in [0.4, 0.5) is 11.4 Å². The molecule has 1 heterocycles. The van der Waals surface area contributed by atoms with E-state index in [2.05, 4.69) is 4.72 Å². The molecule has 150 valence electrons. The van der Waals surface area contributed by atoms with Crippen LogP contribution in [0.1, 0.15) is 44.4 Å². The third kappa shape index (κ3) is 3.65. The van der Waals surface area contributed by atoms with Crippen LogP contribution in [0.15, 0.2) is 41.3 Å². The minimum atomic E-state index is -3.72. The summed E-state index contributed by atoms with van der Waals surface area (Å²) in [6.45, 7) is 12.3. The van der Waals surface area contributed by atoms with E-state index in [-0.39, 0.29) is 22.1 Å². The Bertz CT molecular complexity index is 1040. The molecule has 0 aliphatic carbocycles. The van der Waals surface area contributed by atoms with Gasteiger partial charge >= 0.3 is 0 Å². The molecule has 2 aromatic rings. The molecule has 0 atom stereocenters. The number of fused-ring (bicyclic) bond motifs is 1. The number of sulfonamides is 1. The molecule has 0 unspecified atom stereocenters. The van der Waals surface area contributed by atoms with Gasteiger partial charge in [-0.1, -0.05) is 33.8 Å². The minimum absolute atomic E-state index is 0.0516. The SMILES string of the molecule is Cc1ccc(NS(=O)(=O)c2ccc3c(c2)C(C)(C)CN3C(=O)C(C)C)cc1C. The number of aryl methyl sites for hydroxylation is 2. The van der Waals surface area contributed by atoms with Gasteiger partial charge in [0.2, 0.25) is 5.91 Å². The highest BCUT2D eigenvalue weighted by Gasteiger charge is 2.39. The van der Waals surface area contributed by atoms with Crippen molar-refractivity contribution in [3.8, 4) is 0 Å². The number of benzene rings is 2. The minimum Gasteiger partial charge on any atom is -0.311 e. The van der Waals surface area contributed by atoms with Crippen molar-refractivity contribution in [3.63, 3.8) is 0 Å². The Labute approximate surface area is 167 Å². The second-order valence-electron chi connectivity index (χ2n) is 8.55. The third-order valence-electron chi connectivity index (χ3n) is 5.37. The third-order valence-corrected chi connectivity index (χ3v) is 6.75. The Hall–Kier alpha value is -2.34. The van der Waals surface area contributed by atoms with Gasteiger partial charge in [-0.25, -0.2) is 8.42 Å². The smallest absolute Gasteiger partial charge is 0.261 e. The molecule has 1 aliphatic heterocycles. The van der Waals surface area contributed by atoms with E-state index in [9.17, 15) is 13.2 Å². The predicted molar refractivity (Wildman–Crippen MR) is 113 cm³/mol. The maximum Gasteiger partial charge on any atom is 0.261 e. The van der Waals surface area contributed by atoms with Gasteiger partial charge in [-0.3, -0.25) is 9.52 Å². The van der Waals surface area contributed by atoms with Crippen LogP contribution in [0.5, 0.6) is 0 Å². The van der Waals surface area contributed by atoms with Crippen LogP contribution in [0, 0.1) is 19.8 Å². The Morgan fingerprint density at radius 1 is 1.07 bits per heavy atom. The summed E-state index contributed by atoms with van der Waals surface area (Å²) in [5, 5.41) is 0. The van der Waals surface area contributed by atoms with Crippen molar-refractivity contribution in [2.75, 3.05) is 16.2 Å². The van der Waals surface area contributed by atoms with E-state index in [1.807, 2.05) is 53.7 Å². The molecular formula is C22H28N2O3S. The standard InChI is InChI=1S/C22H28N2O3S/c1-14(2)21(25)24-13-22(5,6)19-12-18(9-10-20(19)24)28(26,27)23-17-8-7-15(3)16(4)11-17/h7-12,14,23H,13H2,1-6H3. The quantitative estimate of drug-likeness (QED) is 0.828. The van der Waals surface area contributed by atoms with Gasteiger partial charge in [0.05, 0.1) is 4.90 Å². The molecular weight excluding hydrogens is 372 g/mol. The molecule has 1 amide bonds. The maximum absolute atomic E-state index is 12.9. The van der Waals surface area contributed by atoms with Crippen molar-refractivity contribution < 1.29 is 13.2 Å². The van der Waals surface area contributed by atoms with Gasteiger partial charge in [-0.2, -0.15) is 0 Å². The summed E-state index contributed by atoms with van der Waals surface area (Å²) in [5.74, 6) is -0.0627. The summed E-state index contributed by atoms with van der Waals surface area (Å²) in [5.41, 5.74) is 4.04. The molecule has 0 saturated carbocycles. The van der Waals surface area contributed by atoms with E-state index in [0.717, 1.165) is 22.4 Å². The molecule has 0 fully saturated rings. The molecule has 0 saturated heterocycles. The summed E-state index contributed by atoms with van der Waals surface area (Å²) < 4.78 is 28.5. The van der Waals surface area contributed by atoms with Crippen molar-refractivity contribution in [1.82, 2.24) is 0 Å². The summed E-state index contributed by atoms with van der Waals surface area (Å²) in [6.07, 6.45) is 0. The number of carbonyl (C=O) groups is 1. The normalized spacial score (nSPS) is 15.6. The molecule has 0 radical (unpaired) electrons. The summed E-state index contributed by atoms with van der Waals surface area (Å²) in [7, 11) is -3.72. The number of rotatable bonds is 4. The molecule has 1 aliphatic rings. The second kappa shape index (κ2) is 6.92. The van der Waals surface area contributed by atoms with Gasteiger partial charge in [0.25, 0.3) is 10.0 Å². The van der Waals surface area contributed by atoms with Gasteiger partial charge in [0.1, 0.15) is 0 Å². The van der Waals surface area contributed by atoms with E-state index in [1.165, 1.54) is 0 Å². The van der Waals surface area contributed by atoms with Crippen molar-refractivity contribution in [2.45, 2.75) is 51.9 Å². The number of nitrogens with zero attached hydrogens (tertiary/aromatic N) is 1. The molecule has 0 aromatic heterocycles. The van der Waals surface area contributed by atoms with E-state index in [1.54, 1.807) is 29.2 Å². The van der Waals surface area contributed by atoms with Crippen LogP contribution in [0.25, 0.3) is 0 Å². The van der Waals surface area contributed by atoms with Crippen molar-refractivity contribution in [1.29, 1.82) is 0 Å². The summed E-state index contributed by atoms with van der Waals surface area (Å²) >= 11 is 0. The maximum atomic E-state index is 12.9. The fraction of sp³-hybridized carbons (Fsp3) is 0.409. The zero-order valence-corrected chi connectivity index (χ0v) is 18.1. The van der Waals surface area contributed by atoms with Crippen molar-refractivity contribution in [3.05, 3.63) is 53.1 Å². The number of carbonyl (C=O) groups excluding carboxylic acids is 1. The molecule has 0 bridgehead atoms. The number of hydrogen-bond acceptors (Lipinski definition) is 3. The van der Waals surface area contributed by atoms with Crippen LogP contribution in [0.3, 0.4) is 0 Å². The molecule has 6 heteroatoms. The summed E-state index contributed by atoms with van der Waals surface area (Å²) in [4.78, 5) is 14.5. The van der Waals surface area contributed by atoms with Crippen molar-refractivity contribution >= 4 is 27.3 Å². The Kier molecular flexibility index (Phi) is 5.04. The predicted octanol–water partition coefficient (Wildman–Crippen LogP) is 4.38. The average Bonchev–Trinajstić information content (AvgIpc) is 2.88. The molecule has 0 spiro atoms. The largest absolute Gasteiger partial charge is 0.311 e. The van der Waals surface area contributed by atoms with Crippen LogP contribution >= 0.6 is 0 Å². The number of hydrogen-bond donors (Lipinski definition) is 1. The lowest BCUT2D eigenvalue weighted by molar-refractivity contribution is -0.121. The van der Waals surface area contributed by atoms with Crippen LogP contribution in [-0.4, -0.2) is 20.9 Å². The average molecular weight is 401 g/mol. The Balaban J connectivity index is 1.98. The zero-order valence-electron chi connectivity index (χ0n) is 17.3. The first-order valence-corrected chi connectivity index (χ1v) is 11.0. The van der Waals surface area contributed by atoms with Gasteiger partial charge in [-0.05, 0) is 60.9 Å². The molecule has 3 rings (SSSR count). The zero-order chi connectivity index (χ0) is 20.9. The van der Waals surface area contributed by atoms with Crippen molar-refractivity contribution in [2.24, 2.45) is 5.92 Å². The Morgan fingerprint density at radius 3 is 2.36 bits per heavy atom. The lowest BCUT2D eigenvalue weighted by atomic mass is 9.87. The highest BCUT2D eigenvalue weighted by molar-refractivity contribution is 7.92. The number of nitrogens with one attached hydrogen (secondary N) is 1. The van der Waals surface area contributed by atoms with Gasteiger partial charge in [-0.15, -0.1) is 0 Å². The van der Waals surface area contributed by atoms with Crippen LogP contribution in [0.2, 0.25) is 0 Å². The summed E-state index contributed by atoms with van der Waals surface area (Å²) in [6, 6.07) is 10.5. The first-order chi connectivity index (χ1) is 12.9. The lowest BCUT2D eigenvalue weighted by Gasteiger charge is -2.22. The van der Waals surface area contributed by atoms with E-state index < -0.39 is 10.0 Å². The first-order valence-electron chi connectivity index (χ1n) is 9.48. The highest BCUT2D eigenvalue weighted by atomic mass is 32.2. The number of anilines is 2. The monoisotopic (exact) mass is 400 g/mol. The lowest BCUT2D eigenvalue weighted by Crippen LogP contribution is -2.36. The van der Waals surface area contributed by atoms with Gasteiger partial charge < -0.3 is 4.90 Å². The fourth-order valence-electron chi connectivity index (χ4n) is 3.55. The van der Waals surface area contributed by atoms with E-state index >= 15 is 0 Å². The van der Waals surface area contributed by atoms with Crippen LogP contribution in [-0.2, 0) is 20.2 Å². The van der Waals surface area contributed by atoms with Gasteiger partial charge in [0.15, 0.2) is 0 Å². The molecule has 5 nitrogen and oxygen atoms in total. The first kappa shape index (κ1) is 20.4. The van der Waals surface area contributed by atoms with E-state index in [4.69, 9.17) is 0 Å². The molecule has 2 aromatic carbocycles. The van der Waals surface area contributed by atoms with E-state index in [0.29, 0.717) is 12.2 Å². The topological polar surface area (TPSA) is 66.5 Å². The Morgan fingerprint density at radius 2 is 1.75 bits per heavy atom.